The molecular weight excluding hydrogens is 436 g/mol. The molecule has 31 heavy (non-hydrogen) atoms. The van der Waals surface area contributed by atoms with Crippen LogP contribution in [0.1, 0.15) is 47.5 Å². The van der Waals surface area contributed by atoms with Gasteiger partial charge in [0.25, 0.3) is 0 Å². The molecule has 168 valence electrons. The van der Waals surface area contributed by atoms with Crippen LogP contribution in [0.5, 0.6) is 0 Å². The van der Waals surface area contributed by atoms with Crippen LogP contribution >= 0.6 is 11.3 Å². The Morgan fingerprint density at radius 3 is 2.58 bits per heavy atom. The fraction of sp³-hybridized carbons (Fsp3) is 0.455. The quantitative estimate of drug-likeness (QED) is 0.601. The largest absolute Gasteiger partial charge is 0.465 e. The Morgan fingerprint density at radius 2 is 1.94 bits per heavy atom. The molecule has 0 atom stereocenters. The molecule has 0 radical (unpaired) electrons. The minimum Gasteiger partial charge on any atom is -0.465 e. The number of sulfone groups is 1. The fourth-order valence-corrected chi connectivity index (χ4v) is 6.24. The molecule has 1 aromatic carbocycles. The minimum atomic E-state index is -3.43. The molecule has 1 aromatic heterocycles. The molecule has 0 spiro atoms. The van der Waals surface area contributed by atoms with Gasteiger partial charge in [-0.05, 0) is 44.4 Å². The number of methoxy groups -OCH3 is 1. The summed E-state index contributed by atoms with van der Waals surface area (Å²) in [5.41, 5.74) is 1.37. The molecule has 2 aromatic rings. The molecule has 9 heteroatoms. The number of anilines is 1. The summed E-state index contributed by atoms with van der Waals surface area (Å²) in [4.78, 5) is 28.6. The molecule has 1 aliphatic rings. The highest BCUT2D eigenvalue weighted by Crippen LogP contribution is 2.38. The van der Waals surface area contributed by atoms with Crippen molar-refractivity contribution in [1.29, 1.82) is 0 Å². The van der Waals surface area contributed by atoms with Gasteiger partial charge in [-0.25, -0.2) is 13.2 Å². The topological polar surface area (TPSA) is 92.8 Å². The lowest BCUT2D eigenvalue weighted by Gasteiger charge is -2.30. The summed E-state index contributed by atoms with van der Waals surface area (Å²) in [5, 5.41) is 3.30. The lowest BCUT2D eigenvalue weighted by Crippen LogP contribution is -2.35. The van der Waals surface area contributed by atoms with Crippen LogP contribution in [0.2, 0.25) is 0 Å². The van der Waals surface area contributed by atoms with Crippen LogP contribution in [0.15, 0.2) is 35.2 Å². The van der Waals surface area contributed by atoms with E-state index < -0.39 is 15.8 Å². The Hall–Kier alpha value is -2.23. The minimum absolute atomic E-state index is 0.0490. The number of thiophene rings is 1. The molecular formula is C22H28N2O5S2. The standard InChI is InChI=1S/C22H28N2O5S2/c1-15(2)24-12-11-17-18(14-24)30-21(20(17)22(26)29-3)23-19(25)10-7-13-31(27,28)16-8-5-4-6-9-16/h4-6,8-9,15H,7,10-14H2,1-3H3,(H,23,25). The molecule has 1 N–H and O–H groups in total. The number of ether oxygens (including phenoxy) is 1. The zero-order valence-corrected chi connectivity index (χ0v) is 19.6. The van der Waals surface area contributed by atoms with E-state index in [1.54, 1.807) is 30.3 Å². The Labute approximate surface area is 187 Å². The number of hydrogen-bond donors (Lipinski definition) is 1. The second-order valence-electron chi connectivity index (χ2n) is 7.80. The number of fused-ring (bicyclic) bond motifs is 1. The smallest absolute Gasteiger partial charge is 0.341 e. The average molecular weight is 465 g/mol. The van der Waals surface area contributed by atoms with Crippen LogP contribution < -0.4 is 5.32 Å². The average Bonchev–Trinajstić information content (AvgIpc) is 3.10. The first-order chi connectivity index (χ1) is 14.7. The van der Waals surface area contributed by atoms with Crippen molar-refractivity contribution >= 4 is 38.1 Å². The van der Waals surface area contributed by atoms with Gasteiger partial charge in [0.05, 0.1) is 23.3 Å². The number of hydrogen-bond acceptors (Lipinski definition) is 7. The lowest BCUT2D eigenvalue weighted by atomic mass is 10.0. The number of nitrogens with zero attached hydrogens (tertiary/aromatic N) is 1. The maximum atomic E-state index is 12.5. The van der Waals surface area contributed by atoms with Crippen molar-refractivity contribution < 1.29 is 22.7 Å². The zero-order chi connectivity index (χ0) is 22.6. The Balaban J connectivity index is 1.68. The number of rotatable bonds is 8. The van der Waals surface area contributed by atoms with E-state index >= 15 is 0 Å². The van der Waals surface area contributed by atoms with Gasteiger partial charge in [0.1, 0.15) is 5.00 Å². The maximum Gasteiger partial charge on any atom is 0.341 e. The van der Waals surface area contributed by atoms with Crippen LogP contribution in [-0.4, -0.2) is 50.6 Å². The van der Waals surface area contributed by atoms with E-state index in [-0.39, 0.29) is 29.4 Å². The van der Waals surface area contributed by atoms with Crippen LogP contribution in [0, 0.1) is 0 Å². The van der Waals surface area contributed by atoms with Gasteiger partial charge >= 0.3 is 5.97 Å². The van der Waals surface area contributed by atoms with Gasteiger partial charge in [-0.15, -0.1) is 11.3 Å². The predicted octanol–water partition coefficient (Wildman–Crippen LogP) is 3.49. The molecule has 0 saturated carbocycles. The predicted molar refractivity (Wildman–Crippen MR) is 121 cm³/mol. The van der Waals surface area contributed by atoms with E-state index in [4.69, 9.17) is 4.74 Å². The van der Waals surface area contributed by atoms with Crippen LogP contribution in [-0.2, 0) is 32.3 Å². The van der Waals surface area contributed by atoms with Crippen molar-refractivity contribution in [3.63, 3.8) is 0 Å². The monoisotopic (exact) mass is 464 g/mol. The van der Waals surface area contributed by atoms with Crippen LogP contribution in [0.3, 0.4) is 0 Å². The van der Waals surface area contributed by atoms with Gasteiger partial charge in [0.15, 0.2) is 9.84 Å². The summed E-state index contributed by atoms with van der Waals surface area (Å²) in [6.45, 7) is 5.83. The van der Waals surface area contributed by atoms with Crippen LogP contribution in [0.4, 0.5) is 5.00 Å². The first-order valence-electron chi connectivity index (χ1n) is 10.3. The first-order valence-corrected chi connectivity index (χ1v) is 12.7. The zero-order valence-electron chi connectivity index (χ0n) is 18.0. The molecule has 0 aliphatic carbocycles. The van der Waals surface area contributed by atoms with E-state index in [1.165, 1.54) is 18.4 Å². The normalized spacial score (nSPS) is 14.3. The molecule has 2 heterocycles. The number of esters is 1. The van der Waals surface area contributed by atoms with Gasteiger partial charge in [0.2, 0.25) is 5.91 Å². The number of amides is 1. The van der Waals surface area contributed by atoms with Crippen molar-refractivity contribution in [2.75, 3.05) is 24.7 Å². The highest BCUT2D eigenvalue weighted by molar-refractivity contribution is 7.91. The molecule has 0 saturated heterocycles. The van der Waals surface area contributed by atoms with Crippen molar-refractivity contribution in [3.05, 3.63) is 46.3 Å². The molecule has 1 amide bonds. The number of nitrogens with one attached hydrogen (secondary N) is 1. The number of carbonyl (C=O) groups excluding carboxylic acids is 2. The molecule has 0 bridgehead atoms. The second kappa shape index (κ2) is 9.93. The first kappa shape index (κ1) is 23.4. The Bertz CT molecular complexity index is 1050. The second-order valence-corrected chi connectivity index (χ2v) is 11.0. The van der Waals surface area contributed by atoms with E-state index in [1.807, 2.05) is 0 Å². The SMILES string of the molecule is COC(=O)c1c(NC(=O)CCCS(=O)(=O)c2ccccc2)sc2c1CCN(C(C)C)C2. The van der Waals surface area contributed by atoms with E-state index in [2.05, 4.69) is 24.1 Å². The lowest BCUT2D eigenvalue weighted by molar-refractivity contribution is -0.116. The van der Waals surface area contributed by atoms with Crippen molar-refractivity contribution in [2.45, 2.75) is 50.6 Å². The molecule has 0 fully saturated rings. The third kappa shape index (κ3) is 5.53. The van der Waals surface area contributed by atoms with Gasteiger partial charge in [-0.3, -0.25) is 9.69 Å². The fourth-order valence-electron chi connectivity index (χ4n) is 3.63. The third-order valence-corrected chi connectivity index (χ3v) is 8.33. The molecule has 7 nitrogen and oxygen atoms in total. The highest BCUT2D eigenvalue weighted by atomic mass is 32.2. The van der Waals surface area contributed by atoms with E-state index in [9.17, 15) is 18.0 Å². The van der Waals surface area contributed by atoms with Crippen molar-refractivity contribution in [1.82, 2.24) is 4.90 Å². The number of carbonyl (C=O) groups is 2. The number of benzene rings is 1. The Morgan fingerprint density at radius 1 is 1.23 bits per heavy atom. The van der Waals surface area contributed by atoms with Crippen LogP contribution in [0.25, 0.3) is 0 Å². The highest BCUT2D eigenvalue weighted by Gasteiger charge is 2.30. The summed E-state index contributed by atoms with van der Waals surface area (Å²) >= 11 is 1.40. The molecule has 3 rings (SSSR count). The van der Waals surface area contributed by atoms with E-state index in [0.717, 1.165) is 30.0 Å². The third-order valence-electron chi connectivity index (χ3n) is 5.38. The maximum absolute atomic E-state index is 12.5. The summed E-state index contributed by atoms with van der Waals surface area (Å²) in [7, 11) is -2.10. The van der Waals surface area contributed by atoms with Gasteiger partial charge < -0.3 is 10.1 Å². The summed E-state index contributed by atoms with van der Waals surface area (Å²) in [6, 6.07) is 8.59. The van der Waals surface area contributed by atoms with Gasteiger partial charge in [-0.2, -0.15) is 0 Å². The van der Waals surface area contributed by atoms with E-state index in [0.29, 0.717) is 16.6 Å². The summed E-state index contributed by atoms with van der Waals surface area (Å²) < 4.78 is 29.7. The molecule has 1 aliphatic heterocycles. The Kier molecular flexibility index (Phi) is 7.51. The summed E-state index contributed by atoms with van der Waals surface area (Å²) in [5.74, 6) is -0.886. The van der Waals surface area contributed by atoms with Gasteiger partial charge in [-0.1, -0.05) is 18.2 Å². The summed E-state index contributed by atoms with van der Waals surface area (Å²) in [6.07, 6.45) is 0.968. The van der Waals surface area contributed by atoms with Gasteiger partial charge in [0, 0.05) is 30.4 Å². The van der Waals surface area contributed by atoms with Crippen molar-refractivity contribution in [2.24, 2.45) is 0 Å². The molecule has 0 unspecified atom stereocenters. The van der Waals surface area contributed by atoms with Crippen molar-refractivity contribution in [3.8, 4) is 0 Å².